The number of fused-ring (bicyclic) bond motifs is 1. The molecule has 0 unspecified atom stereocenters. The first-order chi connectivity index (χ1) is 6.22. The van der Waals surface area contributed by atoms with E-state index >= 15 is 0 Å². The van der Waals surface area contributed by atoms with Crippen molar-refractivity contribution < 1.29 is 4.79 Å². The largest absolute Gasteiger partial charge is 0.296 e. The molecule has 0 aliphatic carbocycles. The molecule has 66 valence electrons. The molecular weight excluding hydrogens is 211 g/mol. The number of nitrogens with zero attached hydrogens (tertiary/aromatic N) is 2. The van der Waals surface area contributed by atoms with Crippen LogP contribution in [-0.4, -0.2) is 15.7 Å². The van der Waals surface area contributed by atoms with Gasteiger partial charge in [0.25, 0.3) is 0 Å². The Balaban J connectivity index is 2.86. The Labute approximate surface area is 83.9 Å². The van der Waals surface area contributed by atoms with Gasteiger partial charge in [0.1, 0.15) is 11.3 Å². The molecule has 0 bridgehead atoms. The zero-order valence-corrected chi connectivity index (χ0v) is 7.88. The van der Waals surface area contributed by atoms with Crippen molar-refractivity contribution in [1.29, 1.82) is 0 Å². The first-order valence-electron chi connectivity index (χ1n) is 3.50. The van der Waals surface area contributed by atoms with E-state index in [4.69, 9.17) is 23.2 Å². The maximum Gasteiger partial charge on any atom is 0.170 e. The van der Waals surface area contributed by atoms with Gasteiger partial charge in [0, 0.05) is 17.3 Å². The zero-order valence-electron chi connectivity index (χ0n) is 6.37. The van der Waals surface area contributed by atoms with Crippen LogP contribution in [-0.2, 0) is 0 Å². The van der Waals surface area contributed by atoms with Crippen molar-refractivity contribution in [2.45, 2.75) is 0 Å². The van der Waals surface area contributed by atoms with Crippen LogP contribution in [0.4, 0.5) is 0 Å². The highest BCUT2D eigenvalue weighted by atomic mass is 35.5. The predicted octanol–water partition coefficient (Wildman–Crippen LogP) is 2.45. The van der Waals surface area contributed by atoms with Gasteiger partial charge in [0.15, 0.2) is 11.4 Å². The van der Waals surface area contributed by atoms with Crippen LogP contribution in [0.25, 0.3) is 5.65 Å². The quantitative estimate of drug-likeness (QED) is 0.684. The van der Waals surface area contributed by atoms with E-state index < -0.39 is 0 Å². The third-order valence-corrected chi connectivity index (χ3v) is 2.21. The average molecular weight is 215 g/mol. The number of aromatic nitrogens is 2. The third-order valence-electron chi connectivity index (χ3n) is 1.69. The minimum atomic E-state index is 0.192. The summed E-state index contributed by atoms with van der Waals surface area (Å²) in [5.74, 6) is 0. The monoisotopic (exact) mass is 214 g/mol. The molecule has 0 spiro atoms. The molecule has 3 nitrogen and oxygen atoms in total. The molecule has 0 saturated heterocycles. The van der Waals surface area contributed by atoms with Gasteiger partial charge in [-0.1, -0.05) is 23.2 Å². The molecule has 0 N–H and O–H groups in total. The number of imidazole rings is 1. The van der Waals surface area contributed by atoms with E-state index in [1.54, 1.807) is 22.7 Å². The van der Waals surface area contributed by atoms with Gasteiger partial charge in [0.05, 0.1) is 0 Å². The van der Waals surface area contributed by atoms with Gasteiger partial charge in [-0.15, -0.1) is 0 Å². The zero-order chi connectivity index (χ0) is 9.42. The summed E-state index contributed by atoms with van der Waals surface area (Å²) in [6.45, 7) is 0. The Morgan fingerprint density at radius 2 is 2.23 bits per heavy atom. The normalized spacial score (nSPS) is 10.6. The van der Waals surface area contributed by atoms with Crippen LogP contribution < -0.4 is 0 Å². The Hall–Kier alpha value is -1.06. The van der Waals surface area contributed by atoms with Gasteiger partial charge in [-0.3, -0.25) is 9.20 Å². The van der Waals surface area contributed by atoms with Crippen molar-refractivity contribution in [3.8, 4) is 0 Å². The van der Waals surface area contributed by atoms with Crippen molar-refractivity contribution in [2.75, 3.05) is 0 Å². The van der Waals surface area contributed by atoms with Crippen molar-refractivity contribution in [3.63, 3.8) is 0 Å². The van der Waals surface area contributed by atoms with Crippen molar-refractivity contribution >= 4 is 35.1 Å². The summed E-state index contributed by atoms with van der Waals surface area (Å²) >= 11 is 11.5. The molecular formula is C8H4Cl2N2O. The lowest BCUT2D eigenvalue weighted by Gasteiger charge is -1.94. The summed E-state index contributed by atoms with van der Waals surface area (Å²) in [7, 11) is 0. The molecule has 0 amide bonds. The fraction of sp³-hybridized carbons (Fsp3) is 0. The lowest BCUT2D eigenvalue weighted by atomic mass is 10.4. The first kappa shape index (κ1) is 8.53. The number of rotatable bonds is 1. The van der Waals surface area contributed by atoms with Crippen LogP contribution in [0.15, 0.2) is 18.3 Å². The van der Waals surface area contributed by atoms with Gasteiger partial charge < -0.3 is 0 Å². The summed E-state index contributed by atoms with van der Waals surface area (Å²) in [6.07, 6.45) is 2.32. The number of hydrogen-bond acceptors (Lipinski definition) is 2. The molecule has 0 aromatic carbocycles. The minimum absolute atomic E-state index is 0.192. The Morgan fingerprint density at radius 1 is 1.46 bits per heavy atom. The van der Waals surface area contributed by atoms with Gasteiger partial charge >= 0.3 is 0 Å². The van der Waals surface area contributed by atoms with Crippen LogP contribution >= 0.6 is 23.2 Å². The number of pyridine rings is 1. The van der Waals surface area contributed by atoms with Crippen molar-refractivity contribution in [2.24, 2.45) is 0 Å². The molecule has 0 atom stereocenters. The summed E-state index contributed by atoms with van der Waals surface area (Å²) in [4.78, 5) is 14.6. The average Bonchev–Trinajstić information content (AvgIpc) is 2.39. The van der Waals surface area contributed by atoms with Gasteiger partial charge in [0.2, 0.25) is 0 Å². The second kappa shape index (κ2) is 3.01. The molecule has 2 rings (SSSR count). The van der Waals surface area contributed by atoms with Crippen LogP contribution in [0.1, 0.15) is 10.5 Å². The number of aldehydes is 1. The Kier molecular flexibility index (Phi) is 1.98. The number of hydrogen-bond donors (Lipinski definition) is 0. The lowest BCUT2D eigenvalue weighted by molar-refractivity contribution is 0.111. The van der Waals surface area contributed by atoms with Crippen molar-refractivity contribution in [1.82, 2.24) is 9.38 Å². The molecule has 5 heteroatoms. The topological polar surface area (TPSA) is 34.4 Å². The highest BCUT2D eigenvalue weighted by Gasteiger charge is 2.08. The lowest BCUT2D eigenvalue weighted by Crippen LogP contribution is -1.89. The van der Waals surface area contributed by atoms with Crippen LogP contribution in [0.5, 0.6) is 0 Å². The maximum atomic E-state index is 10.6. The standard InChI is InChI=1S/C8H4Cl2N2O/c9-5-1-2-12-6(4-13)8(10)11-7(12)3-5/h1-4H. The SMILES string of the molecule is O=Cc1c(Cl)nc2cc(Cl)ccn12. The highest BCUT2D eigenvalue weighted by Crippen LogP contribution is 2.18. The van der Waals surface area contributed by atoms with Crippen LogP contribution in [0.2, 0.25) is 10.2 Å². The van der Waals surface area contributed by atoms with Crippen molar-refractivity contribution in [3.05, 3.63) is 34.2 Å². The number of carbonyl (C=O) groups excluding carboxylic acids is 1. The molecule has 2 aromatic heterocycles. The smallest absolute Gasteiger partial charge is 0.170 e. The Morgan fingerprint density at radius 3 is 2.92 bits per heavy atom. The third kappa shape index (κ3) is 1.30. The summed E-state index contributed by atoms with van der Waals surface area (Å²) in [5.41, 5.74) is 0.910. The van der Waals surface area contributed by atoms with E-state index in [0.29, 0.717) is 22.6 Å². The van der Waals surface area contributed by atoms with E-state index in [1.165, 1.54) is 0 Å². The van der Waals surface area contributed by atoms with E-state index in [-0.39, 0.29) is 5.15 Å². The van der Waals surface area contributed by atoms with Gasteiger partial charge in [-0.25, -0.2) is 4.98 Å². The summed E-state index contributed by atoms with van der Waals surface area (Å²) in [6, 6.07) is 3.31. The molecule has 0 aliphatic heterocycles. The summed E-state index contributed by atoms with van der Waals surface area (Å²) < 4.78 is 1.58. The maximum absolute atomic E-state index is 10.6. The van der Waals surface area contributed by atoms with E-state index in [1.807, 2.05) is 0 Å². The molecule has 0 saturated carbocycles. The van der Waals surface area contributed by atoms with Gasteiger partial charge in [-0.05, 0) is 6.07 Å². The fourth-order valence-corrected chi connectivity index (χ4v) is 1.49. The van der Waals surface area contributed by atoms with Crippen LogP contribution in [0.3, 0.4) is 0 Å². The number of carbonyl (C=O) groups is 1. The molecule has 13 heavy (non-hydrogen) atoms. The molecule has 0 aliphatic rings. The second-order valence-electron chi connectivity index (χ2n) is 2.48. The van der Waals surface area contributed by atoms with Crippen LogP contribution in [0, 0.1) is 0 Å². The number of halogens is 2. The second-order valence-corrected chi connectivity index (χ2v) is 3.27. The molecule has 0 fully saturated rings. The highest BCUT2D eigenvalue weighted by molar-refractivity contribution is 6.32. The fourth-order valence-electron chi connectivity index (χ4n) is 1.12. The molecule has 0 radical (unpaired) electrons. The van der Waals surface area contributed by atoms with E-state index in [2.05, 4.69) is 4.98 Å². The molecule has 2 aromatic rings. The van der Waals surface area contributed by atoms with E-state index in [0.717, 1.165) is 0 Å². The Bertz CT molecular complexity index is 478. The summed E-state index contributed by atoms with van der Waals surface area (Å²) in [5, 5.41) is 0.754. The van der Waals surface area contributed by atoms with E-state index in [9.17, 15) is 4.79 Å². The minimum Gasteiger partial charge on any atom is -0.296 e. The molecule has 2 heterocycles. The predicted molar refractivity (Wildman–Crippen MR) is 50.6 cm³/mol. The van der Waals surface area contributed by atoms with Gasteiger partial charge in [-0.2, -0.15) is 0 Å². The first-order valence-corrected chi connectivity index (χ1v) is 4.26.